The molecule has 2 aromatic heterocycles. The first-order chi connectivity index (χ1) is 9.24. The van der Waals surface area contributed by atoms with Gasteiger partial charge in [-0.25, -0.2) is 4.98 Å². The zero-order chi connectivity index (χ0) is 13.2. The summed E-state index contributed by atoms with van der Waals surface area (Å²) in [5.74, 6) is 0.665. The van der Waals surface area contributed by atoms with E-state index < -0.39 is 0 Å². The summed E-state index contributed by atoms with van der Waals surface area (Å²) in [5, 5.41) is 4.34. The average Bonchev–Trinajstić information content (AvgIpc) is 2.43. The molecule has 0 aliphatic carbocycles. The van der Waals surface area contributed by atoms with Gasteiger partial charge in [0.1, 0.15) is 0 Å². The number of hydrogen-bond acceptors (Lipinski definition) is 4. The molecular weight excluding hydrogens is 236 g/mol. The first kappa shape index (κ1) is 11.5. The van der Waals surface area contributed by atoms with Crippen molar-refractivity contribution in [2.75, 3.05) is 11.1 Å². The van der Waals surface area contributed by atoms with Crippen molar-refractivity contribution in [3.8, 4) is 0 Å². The van der Waals surface area contributed by atoms with E-state index in [4.69, 9.17) is 5.73 Å². The summed E-state index contributed by atoms with van der Waals surface area (Å²) in [6, 6.07) is 13.7. The summed E-state index contributed by atoms with van der Waals surface area (Å²) in [5.41, 5.74) is 9.30. The van der Waals surface area contributed by atoms with Crippen molar-refractivity contribution in [1.29, 1.82) is 0 Å². The van der Waals surface area contributed by atoms with Crippen LogP contribution >= 0.6 is 0 Å². The van der Waals surface area contributed by atoms with Crippen LogP contribution in [0.1, 0.15) is 5.69 Å². The highest BCUT2D eigenvalue weighted by Gasteiger charge is 2.05. The number of benzene rings is 1. The van der Waals surface area contributed by atoms with Gasteiger partial charge >= 0.3 is 0 Å². The second-order valence-corrected chi connectivity index (χ2v) is 4.40. The fourth-order valence-corrected chi connectivity index (χ4v) is 2.00. The largest absolute Gasteiger partial charge is 0.396 e. The van der Waals surface area contributed by atoms with Gasteiger partial charge in [0.15, 0.2) is 5.82 Å². The highest BCUT2D eigenvalue weighted by atomic mass is 15.0. The van der Waals surface area contributed by atoms with Gasteiger partial charge in [-0.15, -0.1) is 0 Å². The number of hydrogen-bond donors (Lipinski definition) is 2. The van der Waals surface area contributed by atoms with Crippen LogP contribution in [0.15, 0.2) is 48.7 Å². The molecule has 4 heteroatoms. The van der Waals surface area contributed by atoms with Crippen LogP contribution in [0.25, 0.3) is 10.9 Å². The lowest BCUT2D eigenvalue weighted by molar-refractivity contribution is 1.20. The van der Waals surface area contributed by atoms with Crippen molar-refractivity contribution in [3.63, 3.8) is 0 Å². The minimum absolute atomic E-state index is 0.624. The molecule has 0 radical (unpaired) electrons. The smallest absolute Gasteiger partial charge is 0.153 e. The summed E-state index contributed by atoms with van der Waals surface area (Å²) < 4.78 is 0. The molecule has 3 aromatic rings. The highest BCUT2D eigenvalue weighted by molar-refractivity contribution is 5.92. The summed E-state index contributed by atoms with van der Waals surface area (Å²) in [4.78, 5) is 8.81. The molecule has 0 saturated heterocycles. The summed E-state index contributed by atoms with van der Waals surface area (Å²) in [7, 11) is 0. The quantitative estimate of drug-likeness (QED) is 0.732. The predicted molar refractivity (Wildman–Crippen MR) is 78.4 cm³/mol. The number of nitrogens with one attached hydrogen (secondary N) is 1. The van der Waals surface area contributed by atoms with Gasteiger partial charge in [0, 0.05) is 17.3 Å². The van der Waals surface area contributed by atoms with Gasteiger partial charge in [-0.05, 0) is 31.2 Å². The molecule has 0 bridgehead atoms. The number of para-hydroxylation sites is 1. The topological polar surface area (TPSA) is 63.8 Å². The number of rotatable bonds is 2. The molecule has 19 heavy (non-hydrogen) atoms. The zero-order valence-corrected chi connectivity index (χ0v) is 10.6. The predicted octanol–water partition coefficient (Wildman–Crippen LogP) is 3.26. The molecule has 0 fully saturated rings. The maximum absolute atomic E-state index is 5.94. The Morgan fingerprint density at radius 3 is 2.79 bits per heavy atom. The fraction of sp³-hybridized carbons (Fsp3) is 0.0667. The van der Waals surface area contributed by atoms with Crippen LogP contribution in [0.5, 0.6) is 0 Å². The highest BCUT2D eigenvalue weighted by Crippen LogP contribution is 2.26. The maximum Gasteiger partial charge on any atom is 0.153 e. The van der Waals surface area contributed by atoms with E-state index in [0.717, 1.165) is 22.3 Å². The number of nitrogens with zero attached hydrogens (tertiary/aromatic N) is 2. The Kier molecular flexibility index (Phi) is 2.76. The number of aromatic nitrogens is 2. The van der Waals surface area contributed by atoms with Crippen LogP contribution in [0.2, 0.25) is 0 Å². The number of anilines is 3. The van der Waals surface area contributed by atoms with Gasteiger partial charge < -0.3 is 11.1 Å². The van der Waals surface area contributed by atoms with E-state index in [1.54, 1.807) is 6.20 Å². The number of nitrogens with two attached hydrogens (primary N) is 1. The molecule has 0 aliphatic heterocycles. The normalized spacial score (nSPS) is 10.6. The van der Waals surface area contributed by atoms with Gasteiger partial charge in [-0.3, -0.25) is 4.98 Å². The Balaban J connectivity index is 2.08. The number of pyridine rings is 2. The number of nitrogen functional groups attached to an aromatic ring is 1. The maximum atomic E-state index is 5.94. The van der Waals surface area contributed by atoms with Crippen molar-refractivity contribution in [2.24, 2.45) is 0 Å². The fourth-order valence-electron chi connectivity index (χ4n) is 2.00. The molecule has 3 rings (SSSR count). The molecule has 3 N–H and O–H groups in total. The third-order valence-electron chi connectivity index (χ3n) is 2.95. The molecular formula is C15H14N4. The Hall–Kier alpha value is -2.62. The van der Waals surface area contributed by atoms with Gasteiger partial charge in [-0.1, -0.05) is 18.2 Å². The van der Waals surface area contributed by atoms with Gasteiger partial charge in [0.05, 0.1) is 16.9 Å². The second-order valence-electron chi connectivity index (χ2n) is 4.40. The first-order valence-corrected chi connectivity index (χ1v) is 6.08. The molecule has 4 nitrogen and oxygen atoms in total. The number of fused-ring (bicyclic) bond motifs is 1. The third-order valence-corrected chi connectivity index (χ3v) is 2.95. The molecule has 0 atom stereocenters. The van der Waals surface area contributed by atoms with E-state index in [-0.39, 0.29) is 0 Å². The lowest BCUT2D eigenvalue weighted by Gasteiger charge is -2.10. The lowest BCUT2D eigenvalue weighted by atomic mass is 10.2. The van der Waals surface area contributed by atoms with Crippen LogP contribution < -0.4 is 11.1 Å². The van der Waals surface area contributed by atoms with Gasteiger partial charge in [0.25, 0.3) is 0 Å². The number of aryl methyl sites for hydroxylation is 1. The van der Waals surface area contributed by atoms with Crippen molar-refractivity contribution >= 4 is 28.1 Å². The molecule has 2 heterocycles. The van der Waals surface area contributed by atoms with Crippen molar-refractivity contribution in [2.45, 2.75) is 6.92 Å². The summed E-state index contributed by atoms with van der Waals surface area (Å²) >= 11 is 0. The van der Waals surface area contributed by atoms with E-state index in [2.05, 4.69) is 15.3 Å². The molecule has 94 valence electrons. The average molecular weight is 250 g/mol. The SMILES string of the molecule is Cc1ccc(N)c(Nc2cccc3cccnc23)n1. The molecule has 0 spiro atoms. The van der Waals surface area contributed by atoms with Crippen LogP contribution in [0, 0.1) is 6.92 Å². The molecule has 1 aromatic carbocycles. The Morgan fingerprint density at radius 2 is 1.89 bits per heavy atom. The minimum atomic E-state index is 0.624. The van der Waals surface area contributed by atoms with E-state index >= 15 is 0 Å². The van der Waals surface area contributed by atoms with E-state index in [1.165, 1.54) is 0 Å². The van der Waals surface area contributed by atoms with Crippen LogP contribution in [0.3, 0.4) is 0 Å². The molecule has 0 aliphatic rings. The lowest BCUT2D eigenvalue weighted by Crippen LogP contribution is -2.01. The Bertz CT molecular complexity index is 732. The third kappa shape index (κ3) is 2.20. The van der Waals surface area contributed by atoms with Crippen LogP contribution in [-0.2, 0) is 0 Å². The first-order valence-electron chi connectivity index (χ1n) is 6.08. The second kappa shape index (κ2) is 4.57. The van der Waals surface area contributed by atoms with Crippen molar-refractivity contribution < 1.29 is 0 Å². The Morgan fingerprint density at radius 1 is 1.05 bits per heavy atom. The van der Waals surface area contributed by atoms with E-state index in [9.17, 15) is 0 Å². The van der Waals surface area contributed by atoms with Crippen molar-refractivity contribution in [3.05, 3.63) is 54.4 Å². The summed E-state index contributed by atoms with van der Waals surface area (Å²) in [6.07, 6.45) is 1.78. The van der Waals surface area contributed by atoms with Crippen LogP contribution in [-0.4, -0.2) is 9.97 Å². The molecule has 0 unspecified atom stereocenters. The van der Waals surface area contributed by atoms with Gasteiger partial charge in [0.2, 0.25) is 0 Å². The van der Waals surface area contributed by atoms with Crippen LogP contribution in [0.4, 0.5) is 17.2 Å². The van der Waals surface area contributed by atoms with Crippen molar-refractivity contribution in [1.82, 2.24) is 9.97 Å². The monoisotopic (exact) mass is 250 g/mol. The molecule has 0 saturated carbocycles. The zero-order valence-electron chi connectivity index (χ0n) is 10.6. The Labute approximate surface area is 111 Å². The van der Waals surface area contributed by atoms with E-state index in [1.807, 2.05) is 49.4 Å². The van der Waals surface area contributed by atoms with Gasteiger partial charge in [-0.2, -0.15) is 0 Å². The molecule has 0 amide bonds. The van der Waals surface area contributed by atoms with E-state index in [0.29, 0.717) is 11.5 Å². The standard InChI is InChI=1S/C15H14N4/c1-10-7-8-12(16)15(18-10)19-13-6-2-4-11-5-3-9-17-14(11)13/h2-9H,16H2,1H3,(H,18,19). The summed E-state index contributed by atoms with van der Waals surface area (Å²) in [6.45, 7) is 1.94. The minimum Gasteiger partial charge on any atom is -0.396 e.